The number of rotatable bonds is 5. The first-order chi connectivity index (χ1) is 8.86. The lowest BCUT2D eigenvalue weighted by Crippen LogP contribution is -2.49. The van der Waals surface area contributed by atoms with Gasteiger partial charge in [0.2, 0.25) is 5.91 Å². The molecule has 1 aliphatic carbocycles. The zero-order valence-corrected chi connectivity index (χ0v) is 11.5. The molecule has 3 nitrogen and oxygen atoms in total. The Morgan fingerprint density at radius 2 is 1.95 bits per heavy atom. The van der Waals surface area contributed by atoms with Crippen molar-refractivity contribution in [3.05, 3.63) is 0 Å². The number of nitrogens with one attached hydrogen (secondary N) is 2. The van der Waals surface area contributed by atoms with Crippen LogP contribution in [0, 0.1) is 11.8 Å². The topological polar surface area (TPSA) is 41.1 Å². The predicted octanol–water partition coefficient (Wildman–Crippen LogP) is 2.47. The van der Waals surface area contributed by atoms with Crippen molar-refractivity contribution in [2.75, 3.05) is 13.1 Å². The Hall–Kier alpha value is -0.780. The highest BCUT2D eigenvalue weighted by molar-refractivity contribution is 5.78. The molecule has 112 valence electrons. The summed E-state index contributed by atoms with van der Waals surface area (Å²) in [5, 5.41) is 5.61. The van der Waals surface area contributed by atoms with Gasteiger partial charge in [-0.05, 0) is 19.4 Å². The zero-order valence-electron chi connectivity index (χ0n) is 11.5. The molecule has 6 heteroatoms. The molecule has 0 heterocycles. The molecule has 19 heavy (non-hydrogen) atoms. The van der Waals surface area contributed by atoms with Gasteiger partial charge in [-0.2, -0.15) is 13.2 Å². The highest BCUT2D eigenvalue weighted by atomic mass is 19.4. The van der Waals surface area contributed by atoms with Gasteiger partial charge in [0.05, 0.1) is 5.92 Å². The second-order valence-corrected chi connectivity index (χ2v) is 5.26. The largest absolute Gasteiger partial charge is 0.393 e. The molecule has 1 aliphatic rings. The van der Waals surface area contributed by atoms with Crippen molar-refractivity contribution in [1.82, 2.24) is 10.6 Å². The van der Waals surface area contributed by atoms with E-state index in [9.17, 15) is 18.0 Å². The Morgan fingerprint density at radius 1 is 1.32 bits per heavy atom. The Morgan fingerprint density at radius 3 is 2.53 bits per heavy atom. The van der Waals surface area contributed by atoms with Gasteiger partial charge in [-0.25, -0.2) is 0 Å². The van der Waals surface area contributed by atoms with Crippen molar-refractivity contribution in [2.24, 2.45) is 11.8 Å². The second-order valence-electron chi connectivity index (χ2n) is 5.26. The second kappa shape index (κ2) is 7.12. The van der Waals surface area contributed by atoms with Crippen LogP contribution in [0.25, 0.3) is 0 Å². The first-order valence-corrected chi connectivity index (χ1v) is 6.94. The minimum atomic E-state index is -4.22. The molecule has 1 amide bonds. The van der Waals surface area contributed by atoms with E-state index in [4.69, 9.17) is 0 Å². The molecule has 3 unspecified atom stereocenters. The van der Waals surface area contributed by atoms with Gasteiger partial charge in [0, 0.05) is 18.5 Å². The third-order valence-electron chi connectivity index (χ3n) is 3.66. The van der Waals surface area contributed by atoms with E-state index < -0.39 is 18.1 Å². The summed E-state index contributed by atoms with van der Waals surface area (Å²) in [5.41, 5.74) is 0. The molecule has 0 aliphatic heterocycles. The minimum Gasteiger partial charge on any atom is -0.352 e. The van der Waals surface area contributed by atoms with Crippen LogP contribution >= 0.6 is 0 Å². The Bertz CT molecular complexity index is 294. The molecule has 1 fully saturated rings. The summed E-state index contributed by atoms with van der Waals surface area (Å²) in [6.45, 7) is 4.88. The number of halogens is 3. The monoisotopic (exact) mass is 280 g/mol. The first kappa shape index (κ1) is 16.3. The average molecular weight is 280 g/mol. The highest BCUT2D eigenvalue weighted by Crippen LogP contribution is 2.37. The molecule has 0 bridgehead atoms. The van der Waals surface area contributed by atoms with Gasteiger partial charge in [-0.1, -0.05) is 26.7 Å². The Kier molecular flexibility index (Phi) is 6.10. The van der Waals surface area contributed by atoms with E-state index in [2.05, 4.69) is 10.6 Å². The van der Waals surface area contributed by atoms with Gasteiger partial charge < -0.3 is 10.6 Å². The van der Waals surface area contributed by atoms with Crippen LogP contribution < -0.4 is 10.6 Å². The van der Waals surface area contributed by atoms with Gasteiger partial charge in [0.1, 0.15) is 0 Å². The van der Waals surface area contributed by atoms with E-state index in [1.807, 2.05) is 6.92 Å². The van der Waals surface area contributed by atoms with Gasteiger partial charge in [0.15, 0.2) is 0 Å². The van der Waals surface area contributed by atoms with Crippen LogP contribution in [0.3, 0.4) is 0 Å². The molecule has 2 N–H and O–H groups in total. The smallest absolute Gasteiger partial charge is 0.352 e. The third kappa shape index (κ3) is 5.01. The number of hydrogen-bond acceptors (Lipinski definition) is 2. The number of hydrogen-bond donors (Lipinski definition) is 2. The summed E-state index contributed by atoms with van der Waals surface area (Å²) in [6, 6.07) is -0.759. The molecule has 1 rings (SSSR count). The van der Waals surface area contributed by atoms with Crippen LogP contribution in [-0.4, -0.2) is 31.2 Å². The zero-order chi connectivity index (χ0) is 14.5. The Labute approximate surface area is 112 Å². The highest BCUT2D eigenvalue weighted by Gasteiger charge is 2.46. The van der Waals surface area contributed by atoms with E-state index in [1.165, 1.54) is 0 Å². The summed E-state index contributed by atoms with van der Waals surface area (Å²) in [5.74, 6) is -1.99. The molecule has 0 aromatic heterocycles. The van der Waals surface area contributed by atoms with E-state index in [0.717, 1.165) is 13.0 Å². The van der Waals surface area contributed by atoms with Crippen molar-refractivity contribution >= 4 is 5.91 Å². The van der Waals surface area contributed by atoms with Crippen LogP contribution in [0.4, 0.5) is 13.2 Å². The molecule has 0 aromatic rings. The summed E-state index contributed by atoms with van der Waals surface area (Å²) in [4.78, 5) is 11.9. The van der Waals surface area contributed by atoms with Crippen molar-refractivity contribution < 1.29 is 18.0 Å². The van der Waals surface area contributed by atoms with Crippen LogP contribution in [0.1, 0.15) is 39.5 Å². The van der Waals surface area contributed by atoms with Crippen LogP contribution in [0.2, 0.25) is 0 Å². The van der Waals surface area contributed by atoms with Crippen molar-refractivity contribution in [1.29, 1.82) is 0 Å². The Balaban J connectivity index is 2.55. The molecule has 0 saturated heterocycles. The van der Waals surface area contributed by atoms with Crippen molar-refractivity contribution in [2.45, 2.75) is 51.7 Å². The van der Waals surface area contributed by atoms with E-state index >= 15 is 0 Å². The fourth-order valence-electron chi connectivity index (χ4n) is 2.47. The van der Waals surface area contributed by atoms with Gasteiger partial charge >= 0.3 is 6.18 Å². The SMILES string of the molecule is CCNCC(C)C(=O)NC1CCCCC1C(F)(F)F. The fraction of sp³-hybridized carbons (Fsp3) is 0.923. The summed E-state index contributed by atoms with van der Waals surface area (Å²) in [6.07, 6.45) is -2.34. The molecule has 3 atom stereocenters. The average Bonchev–Trinajstić information content (AvgIpc) is 2.35. The fourth-order valence-corrected chi connectivity index (χ4v) is 2.47. The standard InChI is InChI=1S/C13H23F3N2O/c1-3-17-8-9(2)12(19)18-11-7-5-4-6-10(11)13(14,15)16/h9-11,17H,3-8H2,1-2H3,(H,18,19). The lowest BCUT2D eigenvalue weighted by Gasteiger charge is -2.34. The summed E-state index contributed by atoms with van der Waals surface area (Å²) >= 11 is 0. The van der Waals surface area contributed by atoms with E-state index in [1.54, 1.807) is 6.92 Å². The lowest BCUT2D eigenvalue weighted by molar-refractivity contribution is -0.189. The van der Waals surface area contributed by atoms with Gasteiger partial charge in [-0.15, -0.1) is 0 Å². The van der Waals surface area contributed by atoms with Crippen molar-refractivity contribution in [3.8, 4) is 0 Å². The molecule has 1 saturated carbocycles. The van der Waals surface area contributed by atoms with Crippen molar-refractivity contribution in [3.63, 3.8) is 0 Å². The maximum atomic E-state index is 12.9. The predicted molar refractivity (Wildman–Crippen MR) is 67.7 cm³/mol. The lowest BCUT2D eigenvalue weighted by atomic mass is 9.83. The number of carbonyl (C=O) groups excluding carboxylic acids is 1. The maximum Gasteiger partial charge on any atom is 0.393 e. The van der Waals surface area contributed by atoms with E-state index in [0.29, 0.717) is 19.4 Å². The quantitative estimate of drug-likeness (QED) is 0.812. The molecular weight excluding hydrogens is 257 g/mol. The molecule has 0 radical (unpaired) electrons. The maximum absolute atomic E-state index is 12.9. The van der Waals surface area contributed by atoms with Crippen LogP contribution in [0.15, 0.2) is 0 Å². The number of carbonyl (C=O) groups is 1. The van der Waals surface area contributed by atoms with E-state index in [-0.39, 0.29) is 18.2 Å². The number of alkyl halides is 3. The van der Waals surface area contributed by atoms with Gasteiger partial charge in [-0.3, -0.25) is 4.79 Å². The summed E-state index contributed by atoms with van der Waals surface area (Å²) in [7, 11) is 0. The third-order valence-corrected chi connectivity index (χ3v) is 3.66. The first-order valence-electron chi connectivity index (χ1n) is 6.94. The molecule has 0 aromatic carbocycles. The minimum absolute atomic E-state index is 0.121. The number of amides is 1. The van der Waals surface area contributed by atoms with Gasteiger partial charge in [0.25, 0.3) is 0 Å². The normalized spacial score (nSPS) is 25.9. The van der Waals surface area contributed by atoms with Crippen LogP contribution in [-0.2, 0) is 4.79 Å². The molecule has 0 spiro atoms. The molecular formula is C13H23F3N2O. The summed E-state index contributed by atoms with van der Waals surface area (Å²) < 4.78 is 38.6. The van der Waals surface area contributed by atoms with Crippen LogP contribution in [0.5, 0.6) is 0 Å².